The van der Waals surface area contributed by atoms with Crippen molar-refractivity contribution in [2.75, 3.05) is 26.2 Å². The highest BCUT2D eigenvalue weighted by atomic mass is 16.1. The van der Waals surface area contributed by atoms with Crippen LogP contribution in [0.2, 0.25) is 0 Å². The summed E-state index contributed by atoms with van der Waals surface area (Å²) in [6, 6.07) is 3.64. The Balaban J connectivity index is 1.63. The molecule has 0 unspecified atom stereocenters. The van der Waals surface area contributed by atoms with E-state index in [4.69, 9.17) is 0 Å². The largest absolute Gasteiger partial charge is 0.351 e. The first-order valence-electron chi connectivity index (χ1n) is 7.62. The van der Waals surface area contributed by atoms with Gasteiger partial charge in [0.05, 0.1) is 5.56 Å². The smallest absolute Gasteiger partial charge is 0.252 e. The fraction of sp³-hybridized carbons (Fsp3) is 0.533. The van der Waals surface area contributed by atoms with E-state index in [2.05, 4.69) is 20.4 Å². The van der Waals surface area contributed by atoms with E-state index in [1.807, 2.05) is 23.6 Å². The van der Waals surface area contributed by atoms with E-state index >= 15 is 0 Å². The van der Waals surface area contributed by atoms with E-state index in [9.17, 15) is 4.79 Å². The summed E-state index contributed by atoms with van der Waals surface area (Å²) in [4.78, 5) is 14.6. The van der Waals surface area contributed by atoms with Crippen molar-refractivity contribution in [3.8, 4) is 0 Å². The van der Waals surface area contributed by atoms with Gasteiger partial charge >= 0.3 is 0 Å². The monoisotopic (exact) mass is 287 g/mol. The number of fused-ring (bicyclic) bond motifs is 1. The Bertz CT molecular complexity index is 630. The molecule has 0 aromatic carbocycles. The molecule has 0 atom stereocenters. The van der Waals surface area contributed by atoms with E-state index < -0.39 is 0 Å². The van der Waals surface area contributed by atoms with E-state index in [1.165, 1.54) is 12.8 Å². The topological polar surface area (TPSA) is 62.5 Å². The maximum atomic E-state index is 12.2. The number of aryl methyl sites for hydroxylation is 1. The van der Waals surface area contributed by atoms with Gasteiger partial charge in [-0.2, -0.15) is 0 Å². The van der Waals surface area contributed by atoms with Gasteiger partial charge in [-0.15, -0.1) is 10.2 Å². The zero-order valence-corrected chi connectivity index (χ0v) is 12.4. The van der Waals surface area contributed by atoms with E-state index in [1.54, 1.807) is 6.07 Å². The van der Waals surface area contributed by atoms with Crippen molar-refractivity contribution >= 4 is 11.6 Å². The Morgan fingerprint density at radius 3 is 2.86 bits per heavy atom. The molecule has 0 saturated carbocycles. The number of amides is 1. The molecule has 1 aliphatic heterocycles. The van der Waals surface area contributed by atoms with Gasteiger partial charge in [0.1, 0.15) is 5.82 Å². The predicted molar refractivity (Wildman–Crippen MR) is 80.4 cm³/mol. The summed E-state index contributed by atoms with van der Waals surface area (Å²) in [7, 11) is 0. The number of carbonyl (C=O) groups excluding carboxylic acids is 1. The van der Waals surface area contributed by atoms with Crippen LogP contribution in [0.1, 0.15) is 35.9 Å². The number of likely N-dealkylation sites (tertiary alicyclic amines) is 1. The molecule has 1 fully saturated rings. The summed E-state index contributed by atoms with van der Waals surface area (Å²) in [5.74, 6) is 0.837. The number of nitrogens with zero attached hydrogens (tertiary/aromatic N) is 4. The second-order valence-electron chi connectivity index (χ2n) is 5.42. The van der Waals surface area contributed by atoms with Gasteiger partial charge < -0.3 is 10.2 Å². The van der Waals surface area contributed by atoms with Crippen LogP contribution in [0.25, 0.3) is 5.65 Å². The molecule has 3 rings (SSSR count). The average molecular weight is 287 g/mol. The van der Waals surface area contributed by atoms with Gasteiger partial charge in [0.2, 0.25) is 0 Å². The minimum atomic E-state index is -0.0353. The van der Waals surface area contributed by atoms with Crippen LogP contribution >= 0.6 is 0 Å². The highest BCUT2D eigenvalue weighted by Crippen LogP contribution is 2.08. The lowest BCUT2D eigenvalue weighted by Gasteiger charge is -2.14. The molecule has 2 aromatic heterocycles. The number of nitrogens with one attached hydrogen (secondary N) is 1. The Kier molecular flexibility index (Phi) is 4.15. The van der Waals surface area contributed by atoms with E-state index in [0.29, 0.717) is 12.1 Å². The molecular formula is C15H21N5O. The zero-order chi connectivity index (χ0) is 14.7. The van der Waals surface area contributed by atoms with Crippen molar-refractivity contribution in [3.63, 3.8) is 0 Å². The van der Waals surface area contributed by atoms with Gasteiger partial charge in [-0.25, -0.2) is 0 Å². The molecule has 1 amide bonds. The molecule has 2 aromatic rings. The summed E-state index contributed by atoms with van der Waals surface area (Å²) in [5, 5.41) is 11.2. The molecule has 112 valence electrons. The van der Waals surface area contributed by atoms with Gasteiger partial charge in [0, 0.05) is 25.7 Å². The Morgan fingerprint density at radius 2 is 2.10 bits per heavy atom. The lowest BCUT2D eigenvalue weighted by molar-refractivity contribution is 0.0949. The van der Waals surface area contributed by atoms with Crippen LogP contribution in [-0.2, 0) is 6.42 Å². The molecule has 1 saturated heterocycles. The number of rotatable bonds is 5. The zero-order valence-electron chi connectivity index (χ0n) is 12.4. The molecule has 0 radical (unpaired) electrons. The van der Waals surface area contributed by atoms with E-state index in [0.717, 1.165) is 37.5 Å². The third-order valence-electron chi connectivity index (χ3n) is 3.96. The molecule has 0 aliphatic carbocycles. The summed E-state index contributed by atoms with van der Waals surface area (Å²) in [5.41, 5.74) is 1.43. The fourth-order valence-electron chi connectivity index (χ4n) is 2.75. The van der Waals surface area contributed by atoms with Gasteiger partial charge in [0.15, 0.2) is 5.65 Å². The maximum Gasteiger partial charge on any atom is 0.252 e. The van der Waals surface area contributed by atoms with Crippen molar-refractivity contribution in [2.45, 2.75) is 26.2 Å². The van der Waals surface area contributed by atoms with Gasteiger partial charge in [-0.05, 0) is 38.1 Å². The molecule has 1 aliphatic rings. The van der Waals surface area contributed by atoms with Crippen molar-refractivity contribution in [1.82, 2.24) is 24.8 Å². The average Bonchev–Trinajstić information content (AvgIpc) is 3.15. The molecule has 21 heavy (non-hydrogen) atoms. The van der Waals surface area contributed by atoms with Crippen LogP contribution in [0.5, 0.6) is 0 Å². The lowest BCUT2D eigenvalue weighted by Crippen LogP contribution is -2.33. The normalized spacial score (nSPS) is 15.7. The van der Waals surface area contributed by atoms with Crippen LogP contribution in [0.15, 0.2) is 18.3 Å². The quantitative estimate of drug-likeness (QED) is 0.895. The number of pyridine rings is 1. The number of carbonyl (C=O) groups is 1. The summed E-state index contributed by atoms with van der Waals surface area (Å²) in [6.45, 7) is 5.96. The predicted octanol–water partition coefficient (Wildman–Crippen LogP) is 1.12. The number of hydrogen-bond acceptors (Lipinski definition) is 4. The van der Waals surface area contributed by atoms with Gasteiger partial charge in [0.25, 0.3) is 5.91 Å². The number of hydrogen-bond donors (Lipinski definition) is 1. The Hall–Kier alpha value is -1.95. The van der Waals surface area contributed by atoms with Crippen LogP contribution in [0.3, 0.4) is 0 Å². The summed E-state index contributed by atoms with van der Waals surface area (Å²) < 4.78 is 1.88. The highest BCUT2D eigenvalue weighted by molar-refractivity contribution is 5.94. The third kappa shape index (κ3) is 3.05. The minimum absolute atomic E-state index is 0.0353. The first-order valence-corrected chi connectivity index (χ1v) is 7.62. The van der Waals surface area contributed by atoms with E-state index in [-0.39, 0.29) is 5.91 Å². The third-order valence-corrected chi connectivity index (χ3v) is 3.96. The van der Waals surface area contributed by atoms with Crippen LogP contribution < -0.4 is 5.32 Å². The minimum Gasteiger partial charge on any atom is -0.351 e. The second-order valence-corrected chi connectivity index (χ2v) is 5.42. The molecule has 6 nitrogen and oxygen atoms in total. The molecule has 3 heterocycles. The molecular weight excluding hydrogens is 266 g/mol. The second kappa shape index (κ2) is 6.22. The van der Waals surface area contributed by atoms with Crippen LogP contribution in [-0.4, -0.2) is 51.6 Å². The molecule has 0 bridgehead atoms. The van der Waals surface area contributed by atoms with Gasteiger partial charge in [-0.1, -0.05) is 6.92 Å². The Morgan fingerprint density at radius 1 is 1.29 bits per heavy atom. The molecule has 6 heteroatoms. The fourth-order valence-corrected chi connectivity index (χ4v) is 2.75. The molecule has 1 N–H and O–H groups in total. The maximum absolute atomic E-state index is 12.2. The van der Waals surface area contributed by atoms with Crippen LogP contribution in [0, 0.1) is 0 Å². The SMILES string of the molecule is CCc1nnc2ccc(C(=O)NCCN3CCCC3)cn12. The lowest BCUT2D eigenvalue weighted by atomic mass is 10.2. The first kappa shape index (κ1) is 14.0. The summed E-state index contributed by atoms with van der Waals surface area (Å²) >= 11 is 0. The standard InChI is InChI=1S/C15H21N5O/c1-2-13-17-18-14-6-5-12(11-20(13)14)15(21)16-7-10-19-8-3-4-9-19/h5-6,11H,2-4,7-10H2,1H3,(H,16,21). The van der Waals surface area contributed by atoms with Crippen molar-refractivity contribution in [2.24, 2.45) is 0 Å². The van der Waals surface area contributed by atoms with Crippen molar-refractivity contribution < 1.29 is 4.79 Å². The highest BCUT2D eigenvalue weighted by Gasteiger charge is 2.12. The molecule has 0 spiro atoms. The van der Waals surface area contributed by atoms with Crippen molar-refractivity contribution in [1.29, 1.82) is 0 Å². The van der Waals surface area contributed by atoms with Gasteiger partial charge in [-0.3, -0.25) is 9.20 Å². The first-order chi connectivity index (χ1) is 10.3. The Labute approximate surface area is 124 Å². The van der Waals surface area contributed by atoms with Crippen LogP contribution in [0.4, 0.5) is 0 Å². The van der Waals surface area contributed by atoms with Crippen molar-refractivity contribution in [3.05, 3.63) is 29.7 Å². The number of aromatic nitrogens is 3. The summed E-state index contributed by atoms with van der Waals surface area (Å²) in [6.07, 6.45) is 5.16.